The summed E-state index contributed by atoms with van der Waals surface area (Å²) in [5.74, 6) is -1.72. The Kier molecular flexibility index (Phi) is 4.41. The van der Waals surface area contributed by atoms with E-state index < -0.39 is 11.9 Å². The van der Waals surface area contributed by atoms with Crippen molar-refractivity contribution >= 4 is 23.2 Å². The Morgan fingerprint density at radius 2 is 1.92 bits per heavy atom. The smallest absolute Gasteiger partial charge is 0.308 e. The van der Waals surface area contributed by atoms with Gasteiger partial charge < -0.3 is 10.0 Å². The Labute approximate surface area is 145 Å². The molecule has 0 aliphatic carbocycles. The summed E-state index contributed by atoms with van der Waals surface area (Å²) in [5.41, 5.74) is 2.79. The summed E-state index contributed by atoms with van der Waals surface area (Å²) in [6.07, 6.45) is 0. The largest absolute Gasteiger partial charge is 0.481 e. The molecule has 2 aromatic rings. The summed E-state index contributed by atoms with van der Waals surface area (Å²) in [7, 11) is 0. The maximum absolute atomic E-state index is 12.8. The lowest BCUT2D eigenvalue weighted by Gasteiger charge is -2.17. The number of aryl methyl sites for hydroxylation is 3. The van der Waals surface area contributed by atoms with Gasteiger partial charge in [-0.3, -0.25) is 9.59 Å². The number of hydrogen-bond donors (Lipinski definition) is 1. The lowest BCUT2D eigenvalue weighted by Crippen LogP contribution is -2.29. The maximum Gasteiger partial charge on any atom is 0.308 e. The van der Waals surface area contributed by atoms with Gasteiger partial charge in [-0.05, 0) is 31.9 Å². The molecule has 1 aliphatic rings. The maximum atomic E-state index is 12.8. The molecule has 1 saturated heterocycles. The molecule has 1 aromatic heterocycles. The predicted molar refractivity (Wildman–Crippen MR) is 92.5 cm³/mol. The molecule has 0 radical (unpaired) electrons. The van der Waals surface area contributed by atoms with Crippen molar-refractivity contribution in [3.63, 3.8) is 0 Å². The number of rotatable bonds is 3. The van der Waals surface area contributed by atoms with Crippen molar-refractivity contribution in [1.82, 2.24) is 9.88 Å². The van der Waals surface area contributed by atoms with Gasteiger partial charge in [0.2, 0.25) is 0 Å². The van der Waals surface area contributed by atoms with E-state index in [0.29, 0.717) is 17.1 Å². The van der Waals surface area contributed by atoms with Gasteiger partial charge in [0.25, 0.3) is 5.91 Å². The first-order valence-electron chi connectivity index (χ1n) is 7.90. The molecule has 2 atom stereocenters. The minimum atomic E-state index is -0.851. The number of carboxylic acids is 1. The van der Waals surface area contributed by atoms with Crippen molar-refractivity contribution in [1.29, 1.82) is 0 Å². The summed E-state index contributed by atoms with van der Waals surface area (Å²) in [4.78, 5) is 31.1. The predicted octanol–water partition coefficient (Wildman–Crippen LogP) is 3.01. The first-order valence-corrected chi connectivity index (χ1v) is 8.71. The number of benzene rings is 1. The first-order chi connectivity index (χ1) is 11.4. The van der Waals surface area contributed by atoms with Gasteiger partial charge in [-0.15, -0.1) is 11.3 Å². The van der Waals surface area contributed by atoms with Crippen LogP contribution in [0.1, 0.15) is 37.4 Å². The summed E-state index contributed by atoms with van der Waals surface area (Å²) < 4.78 is 0. The Balaban J connectivity index is 1.91. The number of likely N-dealkylation sites (tertiary alicyclic amines) is 1. The van der Waals surface area contributed by atoms with E-state index in [4.69, 9.17) is 0 Å². The summed E-state index contributed by atoms with van der Waals surface area (Å²) in [6, 6.07) is 7.81. The van der Waals surface area contributed by atoms with Gasteiger partial charge in [0.1, 0.15) is 4.88 Å². The fourth-order valence-corrected chi connectivity index (χ4v) is 4.30. The highest BCUT2D eigenvalue weighted by Crippen LogP contribution is 2.36. The third kappa shape index (κ3) is 2.94. The van der Waals surface area contributed by atoms with Crippen LogP contribution in [-0.4, -0.2) is 40.0 Å². The van der Waals surface area contributed by atoms with E-state index in [-0.39, 0.29) is 18.4 Å². The number of carbonyl (C=O) groups excluding carboxylic acids is 1. The quantitative estimate of drug-likeness (QED) is 0.929. The van der Waals surface area contributed by atoms with Crippen LogP contribution in [0.3, 0.4) is 0 Å². The molecule has 0 bridgehead atoms. The highest BCUT2D eigenvalue weighted by Gasteiger charge is 2.41. The molecule has 0 spiro atoms. The van der Waals surface area contributed by atoms with Crippen LogP contribution < -0.4 is 0 Å². The second-order valence-electron chi connectivity index (χ2n) is 6.27. The van der Waals surface area contributed by atoms with Gasteiger partial charge in [-0.2, -0.15) is 0 Å². The van der Waals surface area contributed by atoms with Crippen LogP contribution in [0.5, 0.6) is 0 Å². The van der Waals surface area contributed by atoms with Crippen molar-refractivity contribution in [2.24, 2.45) is 5.92 Å². The van der Waals surface area contributed by atoms with Gasteiger partial charge in [0.05, 0.1) is 16.6 Å². The Hall–Kier alpha value is -2.21. The van der Waals surface area contributed by atoms with Gasteiger partial charge in [0, 0.05) is 19.0 Å². The molecule has 2 heterocycles. The molecule has 1 fully saturated rings. The van der Waals surface area contributed by atoms with E-state index in [1.165, 1.54) is 11.3 Å². The number of aliphatic carboxylic acids is 1. The SMILES string of the molecule is Cc1nc(C)c(C(=O)N2C[C@@H](C(=O)O)[C@H](c3ccccc3C)C2)s1. The number of nitrogens with zero attached hydrogens (tertiary/aromatic N) is 2. The molecule has 1 aliphatic heterocycles. The van der Waals surface area contributed by atoms with E-state index in [1.807, 2.05) is 45.0 Å². The lowest BCUT2D eigenvalue weighted by atomic mass is 9.86. The number of hydrogen-bond acceptors (Lipinski definition) is 4. The van der Waals surface area contributed by atoms with E-state index >= 15 is 0 Å². The molecule has 0 unspecified atom stereocenters. The number of thiazole rings is 1. The molecule has 1 N–H and O–H groups in total. The van der Waals surface area contributed by atoms with E-state index in [2.05, 4.69) is 4.98 Å². The third-order valence-corrected chi connectivity index (χ3v) is 5.67. The van der Waals surface area contributed by atoms with Gasteiger partial charge >= 0.3 is 5.97 Å². The first kappa shape index (κ1) is 16.6. The minimum absolute atomic E-state index is 0.111. The minimum Gasteiger partial charge on any atom is -0.481 e. The van der Waals surface area contributed by atoms with Gasteiger partial charge in [-0.1, -0.05) is 24.3 Å². The van der Waals surface area contributed by atoms with E-state index in [0.717, 1.165) is 16.1 Å². The summed E-state index contributed by atoms with van der Waals surface area (Å²) in [5, 5.41) is 10.5. The number of carbonyl (C=O) groups is 2. The molecule has 126 valence electrons. The number of carboxylic acid groups (broad SMARTS) is 1. The molecule has 3 rings (SSSR count). The zero-order chi connectivity index (χ0) is 17.4. The number of aromatic nitrogens is 1. The van der Waals surface area contributed by atoms with Gasteiger partial charge in [-0.25, -0.2) is 4.98 Å². The van der Waals surface area contributed by atoms with Crippen molar-refractivity contribution in [2.75, 3.05) is 13.1 Å². The zero-order valence-electron chi connectivity index (χ0n) is 13.9. The van der Waals surface area contributed by atoms with Crippen LogP contribution in [0, 0.1) is 26.7 Å². The van der Waals surface area contributed by atoms with E-state index in [9.17, 15) is 14.7 Å². The Bertz CT molecular complexity index is 799. The van der Waals surface area contributed by atoms with Crippen LogP contribution >= 0.6 is 11.3 Å². The average molecular weight is 344 g/mol. The molecule has 6 heteroatoms. The molecule has 24 heavy (non-hydrogen) atoms. The summed E-state index contributed by atoms with van der Waals surface area (Å²) >= 11 is 1.37. The van der Waals surface area contributed by atoms with Gasteiger partial charge in [0.15, 0.2) is 0 Å². The van der Waals surface area contributed by atoms with Crippen LogP contribution in [0.4, 0.5) is 0 Å². The summed E-state index contributed by atoms with van der Waals surface area (Å²) in [6.45, 7) is 6.34. The monoisotopic (exact) mass is 344 g/mol. The number of amides is 1. The fourth-order valence-electron chi connectivity index (χ4n) is 3.41. The third-order valence-electron chi connectivity index (χ3n) is 4.61. The van der Waals surface area contributed by atoms with E-state index in [1.54, 1.807) is 4.90 Å². The average Bonchev–Trinajstić information content (AvgIpc) is 3.10. The topological polar surface area (TPSA) is 70.5 Å². The molecule has 1 amide bonds. The lowest BCUT2D eigenvalue weighted by molar-refractivity contribution is -0.141. The molecule has 1 aromatic carbocycles. The van der Waals surface area contributed by atoms with Crippen molar-refractivity contribution < 1.29 is 14.7 Å². The fraction of sp³-hybridized carbons (Fsp3) is 0.389. The van der Waals surface area contributed by atoms with Crippen molar-refractivity contribution in [3.8, 4) is 0 Å². The Morgan fingerprint density at radius 3 is 2.50 bits per heavy atom. The highest BCUT2D eigenvalue weighted by molar-refractivity contribution is 7.13. The molecule has 5 nitrogen and oxygen atoms in total. The second kappa shape index (κ2) is 6.36. The molecular formula is C18H20N2O3S. The van der Waals surface area contributed by atoms with Crippen LogP contribution in [0.25, 0.3) is 0 Å². The highest BCUT2D eigenvalue weighted by atomic mass is 32.1. The molecular weight excluding hydrogens is 324 g/mol. The van der Waals surface area contributed by atoms with Crippen LogP contribution in [0.15, 0.2) is 24.3 Å². The normalized spacial score (nSPS) is 20.4. The van der Waals surface area contributed by atoms with Crippen LogP contribution in [0.2, 0.25) is 0 Å². The van der Waals surface area contributed by atoms with Crippen molar-refractivity contribution in [2.45, 2.75) is 26.7 Å². The second-order valence-corrected chi connectivity index (χ2v) is 7.47. The van der Waals surface area contributed by atoms with Crippen LogP contribution in [-0.2, 0) is 4.79 Å². The molecule has 0 saturated carbocycles. The zero-order valence-corrected chi connectivity index (χ0v) is 14.8. The Morgan fingerprint density at radius 1 is 1.21 bits per heavy atom. The van der Waals surface area contributed by atoms with Crippen molar-refractivity contribution in [3.05, 3.63) is 51.0 Å². The standard InChI is InChI=1S/C18H20N2O3S/c1-10-6-4-5-7-13(10)14-8-20(9-15(14)18(22)23)17(21)16-11(2)19-12(3)24-16/h4-7,14-15H,8-9H2,1-3H3,(H,22,23)/t14-,15+/m0/s1.